The number of nitrogens with zero attached hydrogens (tertiary/aromatic N) is 4. The molecule has 3 aromatic rings. The van der Waals surface area contributed by atoms with Crippen molar-refractivity contribution in [2.45, 2.75) is 72.3 Å². The van der Waals surface area contributed by atoms with Crippen LogP contribution in [0.25, 0.3) is 16.7 Å². The van der Waals surface area contributed by atoms with Crippen molar-refractivity contribution in [3.63, 3.8) is 0 Å². The number of nitrogens with one attached hydrogen (secondary N) is 1. The van der Waals surface area contributed by atoms with Crippen LogP contribution < -0.4 is 5.32 Å². The Morgan fingerprint density at radius 3 is 2.28 bits per heavy atom. The first-order valence-electron chi connectivity index (χ1n) is 10.6. The average Bonchev–Trinajstić information content (AvgIpc) is 3.21. The Morgan fingerprint density at radius 1 is 0.966 bits per heavy atom. The van der Waals surface area contributed by atoms with Crippen molar-refractivity contribution in [3.05, 3.63) is 48.5 Å². The average molecular weight is 396 g/mol. The van der Waals surface area contributed by atoms with Crippen molar-refractivity contribution in [2.75, 3.05) is 0 Å². The highest BCUT2D eigenvalue weighted by Crippen LogP contribution is 2.14. The fraction of sp³-hybridized carbons (Fsp3) is 0.478. The normalized spacial score (nSPS) is 10.4. The summed E-state index contributed by atoms with van der Waals surface area (Å²) < 4.78 is 1.76. The highest BCUT2D eigenvalue weighted by Gasteiger charge is 2.03. The van der Waals surface area contributed by atoms with Crippen LogP contribution in [0.4, 0.5) is 0 Å². The van der Waals surface area contributed by atoms with Crippen LogP contribution in [0, 0.1) is 0 Å². The molecular formula is C23H33N5O. The molecule has 2 heterocycles. The molecule has 0 unspecified atom stereocenters. The lowest BCUT2D eigenvalue weighted by atomic mass is 10.1. The van der Waals surface area contributed by atoms with Crippen LogP contribution in [0.15, 0.2) is 43.0 Å². The fourth-order valence-electron chi connectivity index (χ4n) is 2.94. The Morgan fingerprint density at radius 2 is 1.62 bits per heavy atom. The molecule has 0 radical (unpaired) electrons. The van der Waals surface area contributed by atoms with E-state index in [2.05, 4.69) is 34.2 Å². The lowest BCUT2D eigenvalue weighted by molar-refractivity contribution is -0.119. The van der Waals surface area contributed by atoms with Gasteiger partial charge in [0.05, 0.1) is 22.9 Å². The summed E-state index contributed by atoms with van der Waals surface area (Å²) in [7, 11) is 0. The zero-order valence-electron chi connectivity index (χ0n) is 17.9. The van der Waals surface area contributed by atoms with E-state index in [0.717, 1.165) is 22.3 Å². The van der Waals surface area contributed by atoms with E-state index in [9.17, 15) is 4.79 Å². The van der Waals surface area contributed by atoms with Gasteiger partial charge in [-0.3, -0.25) is 14.8 Å². The zero-order valence-corrected chi connectivity index (χ0v) is 17.9. The number of aromatic nitrogens is 4. The fourth-order valence-corrected chi connectivity index (χ4v) is 2.94. The molecule has 1 N–H and O–H groups in total. The molecule has 6 nitrogen and oxygen atoms in total. The van der Waals surface area contributed by atoms with Crippen molar-refractivity contribution in [2.24, 2.45) is 0 Å². The minimum atomic E-state index is -0.0567. The number of benzene rings is 1. The summed E-state index contributed by atoms with van der Waals surface area (Å²) in [6.07, 6.45) is 16.9. The van der Waals surface area contributed by atoms with E-state index in [-0.39, 0.29) is 5.91 Å². The van der Waals surface area contributed by atoms with Crippen LogP contribution in [-0.2, 0) is 11.3 Å². The van der Waals surface area contributed by atoms with Crippen LogP contribution in [-0.4, -0.2) is 25.7 Å². The van der Waals surface area contributed by atoms with E-state index in [1.807, 2.05) is 24.4 Å². The second kappa shape index (κ2) is 12.6. The van der Waals surface area contributed by atoms with E-state index < -0.39 is 0 Å². The molecule has 29 heavy (non-hydrogen) atoms. The lowest BCUT2D eigenvalue weighted by Gasteiger charge is -2.02. The van der Waals surface area contributed by atoms with Gasteiger partial charge < -0.3 is 5.32 Å². The number of hydrogen-bond donors (Lipinski definition) is 1. The third-order valence-electron chi connectivity index (χ3n) is 4.60. The van der Waals surface area contributed by atoms with Crippen LogP contribution in [0.2, 0.25) is 0 Å². The molecule has 0 aliphatic heterocycles. The van der Waals surface area contributed by atoms with Gasteiger partial charge >= 0.3 is 0 Å². The van der Waals surface area contributed by atoms with Gasteiger partial charge in [-0.15, -0.1) is 0 Å². The van der Waals surface area contributed by atoms with Crippen LogP contribution >= 0.6 is 0 Å². The van der Waals surface area contributed by atoms with E-state index in [1.165, 1.54) is 51.9 Å². The minimum Gasteiger partial charge on any atom is -0.352 e. The summed E-state index contributed by atoms with van der Waals surface area (Å²) in [5, 5.41) is 7.03. The number of amides is 1. The quantitative estimate of drug-likeness (QED) is 0.505. The number of carbonyl (C=O) groups excluding carboxylic acids is 1. The SMILES string of the molecule is CC(=O)NCc1cnn(-c2ccc3nccnc3c2)c1.CCCCCCCCC. The Labute approximate surface area is 173 Å². The first kappa shape index (κ1) is 22.5. The summed E-state index contributed by atoms with van der Waals surface area (Å²) >= 11 is 0. The summed E-state index contributed by atoms with van der Waals surface area (Å²) in [6.45, 7) is 6.49. The third-order valence-corrected chi connectivity index (χ3v) is 4.60. The second-order valence-corrected chi connectivity index (χ2v) is 7.20. The van der Waals surface area contributed by atoms with Gasteiger partial charge in [0.2, 0.25) is 5.91 Å². The maximum absolute atomic E-state index is 10.9. The maximum atomic E-state index is 10.9. The Hall–Kier alpha value is -2.76. The van der Waals surface area contributed by atoms with Gasteiger partial charge in [-0.05, 0) is 18.2 Å². The predicted octanol–water partition coefficient (Wildman–Crippen LogP) is 5.21. The molecule has 0 atom stereocenters. The van der Waals surface area contributed by atoms with Gasteiger partial charge in [0.25, 0.3) is 0 Å². The smallest absolute Gasteiger partial charge is 0.217 e. The molecule has 0 spiro atoms. The third kappa shape index (κ3) is 8.02. The number of rotatable bonds is 9. The second-order valence-electron chi connectivity index (χ2n) is 7.20. The Bertz CT molecular complexity index is 868. The summed E-state index contributed by atoms with van der Waals surface area (Å²) in [5.74, 6) is -0.0567. The van der Waals surface area contributed by atoms with E-state index >= 15 is 0 Å². The maximum Gasteiger partial charge on any atom is 0.217 e. The first-order valence-corrected chi connectivity index (χ1v) is 10.6. The van der Waals surface area contributed by atoms with Crippen LogP contribution in [0.5, 0.6) is 0 Å². The Kier molecular flexibility index (Phi) is 9.83. The topological polar surface area (TPSA) is 72.7 Å². The van der Waals surface area contributed by atoms with Crippen molar-refractivity contribution in [1.29, 1.82) is 0 Å². The molecule has 1 amide bonds. The molecule has 6 heteroatoms. The molecule has 0 saturated carbocycles. The molecule has 0 bridgehead atoms. The summed E-state index contributed by atoms with van der Waals surface area (Å²) in [5.41, 5.74) is 3.53. The molecule has 1 aromatic carbocycles. The van der Waals surface area contributed by atoms with Crippen molar-refractivity contribution in [1.82, 2.24) is 25.1 Å². The highest BCUT2D eigenvalue weighted by molar-refractivity contribution is 5.76. The van der Waals surface area contributed by atoms with E-state index in [4.69, 9.17) is 0 Å². The van der Waals surface area contributed by atoms with Gasteiger partial charge in [-0.1, -0.05) is 58.8 Å². The number of fused-ring (bicyclic) bond motifs is 1. The van der Waals surface area contributed by atoms with Crippen molar-refractivity contribution >= 4 is 16.9 Å². The van der Waals surface area contributed by atoms with Gasteiger partial charge in [0.1, 0.15) is 0 Å². The van der Waals surface area contributed by atoms with Crippen molar-refractivity contribution in [3.8, 4) is 5.69 Å². The molecule has 3 rings (SSSR count). The molecular weight excluding hydrogens is 362 g/mol. The zero-order chi connectivity index (χ0) is 20.9. The lowest BCUT2D eigenvalue weighted by Crippen LogP contribution is -2.18. The van der Waals surface area contributed by atoms with Crippen LogP contribution in [0.1, 0.15) is 71.3 Å². The molecule has 0 aliphatic rings. The molecule has 0 saturated heterocycles. The molecule has 0 aliphatic carbocycles. The van der Waals surface area contributed by atoms with Gasteiger partial charge in [0, 0.05) is 37.6 Å². The van der Waals surface area contributed by atoms with Gasteiger partial charge in [-0.25, -0.2) is 4.68 Å². The Balaban J connectivity index is 0.000000284. The molecule has 156 valence electrons. The number of hydrogen-bond acceptors (Lipinski definition) is 4. The standard InChI is InChI=1S/C14H13N5O.C9H20/c1-10(20)17-7-11-8-18-19(9-11)12-2-3-13-14(6-12)16-5-4-15-13;1-3-5-7-9-8-6-4-2/h2-6,8-9H,7H2,1H3,(H,17,20);3-9H2,1-2H3. The van der Waals surface area contributed by atoms with Gasteiger partial charge in [0.15, 0.2) is 0 Å². The van der Waals surface area contributed by atoms with E-state index in [0.29, 0.717) is 6.54 Å². The van der Waals surface area contributed by atoms with Crippen LogP contribution in [0.3, 0.4) is 0 Å². The number of carbonyl (C=O) groups is 1. The molecule has 2 aromatic heterocycles. The van der Waals surface area contributed by atoms with E-state index in [1.54, 1.807) is 23.3 Å². The predicted molar refractivity (Wildman–Crippen MR) is 118 cm³/mol. The summed E-state index contributed by atoms with van der Waals surface area (Å²) in [4.78, 5) is 19.4. The number of unbranched alkanes of at least 4 members (excludes halogenated alkanes) is 6. The molecule has 0 fully saturated rings. The summed E-state index contributed by atoms with van der Waals surface area (Å²) in [6, 6.07) is 5.77. The minimum absolute atomic E-state index is 0.0567. The first-order chi connectivity index (χ1) is 14.1. The highest BCUT2D eigenvalue weighted by atomic mass is 16.1. The monoisotopic (exact) mass is 395 g/mol. The largest absolute Gasteiger partial charge is 0.352 e. The van der Waals surface area contributed by atoms with Gasteiger partial charge in [-0.2, -0.15) is 5.10 Å². The van der Waals surface area contributed by atoms with Crippen molar-refractivity contribution < 1.29 is 4.79 Å².